The number of aromatic nitrogens is 2. The first-order valence-electron chi connectivity index (χ1n) is 5.51. The molecule has 0 saturated carbocycles. The number of aryl methyl sites for hydroxylation is 2. The highest BCUT2D eigenvalue weighted by Gasteiger charge is 2.13. The van der Waals surface area contributed by atoms with Crippen LogP contribution in [-0.4, -0.2) is 9.97 Å². The van der Waals surface area contributed by atoms with Crippen LogP contribution in [0.15, 0.2) is 36.8 Å². The second kappa shape index (κ2) is 5.03. The Morgan fingerprint density at radius 1 is 1.18 bits per heavy atom. The Hall–Kier alpha value is -1.78. The van der Waals surface area contributed by atoms with Crippen molar-refractivity contribution in [3.63, 3.8) is 0 Å². The van der Waals surface area contributed by atoms with E-state index < -0.39 is 0 Å². The lowest BCUT2D eigenvalue weighted by Crippen LogP contribution is -2.29. The average Bonchev–Trinajstić information content (AvgIpc) is 2.30. The van der Waals surface area contributed by atoms with Crippen molar-refractivity contribution in [1.82, 2.24) is 15.4 Å². The first-order valence-corrected chi connectivity index (χ1v) is 5.51. The Labute approximate surface area is 101 Å². The number of nitrogens with two attached hydrogens (primary N) is 1. The van der Waals surface area contributed by atoms with Crippen LogP contribution in [0.5, 0.6) is 0 Å². The Morgan fingerprint density at radius 2 is 1.88 bits per heavy atom. The van der Waals surface area contributed by atoms with Crippen LogP contribution in [0.3, 0.4) is 0 Å². The minimum absolute atomic E-state index is 0.100. The van der Waals surface area contributed by atoms with Gasteiger partial charge in [0.2, 0.25) is 0 Å². The highest BCUT2D eigenvalue weighted by atomic mass is 15.2. The molecule has 1 aromatic carbocycles. The minimum Gasteiger partial charge on any atom is -0.271 e. The van der Waals surface area contributed by atoms with Crippen molar-refractivity contribution in [3.05, 3.63) is 59.2 Å². The van der Waals surface area contributed by atoms with E-state index in [1.54, 1.807) is 6.20 Å². The van der Waals surface area contributed by atoms with Crippen LogP contribution in [0, 0.1) is 13.8 Å². The highest BCUT2D eigenvalue weighted by molar-refractivity contribution is 5.34. The van der Waals surface area contributed by atoms with E-state index in [2.05, 4.69) is 47.4 Å². The maximum atomic E-state index is 5.63. The molecule has 1 aromatic heterocycles. The molecule has 0 spiro atoms. The van der Waals surface area contributed by atoms with Crippen molar-refractivity contribution in [3.8, 4) is 0 Å². The van der Waals surface area contributed by atoms with Crippen LogP contribution in [-0.2, 0) is 0 Å². The van der Waals surface area contributed by atoms with Gasteiger partial charge in [-0.2, -0.15) is 0 Å². The number of hydrazine groups is 1. The third kappa shape index (κ3) is 2.67. The largest absolute Gasteiger partial charge is 0.271 e. The van der Waals surface area contributed by atoms with Crippen LogP contribution < -0.4 is 11.3 Å². The summed E-state index contributed by atoms with van der Waals surface area (Å²) in [5.74, 6) is 5.63. The maximum Gasteiger partial charge on any atom is 0.115 e. The fourth-order valence-electron chi connectivity index (χ4n) is 2.00. The lowest BCUT2D eigenvalue weighted by molar-refractivity contribution is 0.618. The Morgan fingerprint density at radius 3 is 2.41 bits per heavy atom. The van der Waals surface area contributed by atoms with Gasteiger partial charge >= 0.3 is 0 Å². The fourth-order valence-corrected chi connectivity index (χ4v) is 2.00. The number of hydrogen-bond donors (Lipinski definition) is 2. The van der Waals surface area contributed by atoms with E-state index in [4.69, 9.17) is 5.84 Å². The van der Waals surface area contributed by atoms with Crippen LogP contribution in [0.1, 0.15) is 28.4 Å². The topological polar surface area (TPSA) is 63.8 Å². The van der Waals surface area contributed by atoms with Gasteiger partial charge in [0.25, 0.3) is 0 Å². The predicted octanol–water partition coefficient (Wildman–Crippen LogP) is 1.65. The third-order valence-corrected chi connectivity index (χ3v) is 2.64. The summed E-state index contributed by atoms with van der Waals surface area (Å²) in [7, 11) is 0. The van der Waals surface area contributed by atoms with Gasteiger partial charge in [0.15, 0.2) is 0 Å². The van der Waals surface area contributed by atoms with E-state index >= 15 is 0 Å². The standard InChI is InChI=1S/C13H16N4/c1-9-5-10(2)7-11(6-9)13(17-14)12-3-4-15-8-16-12/h3-8,13,17H,14H2,1-2H3. The van der Waals surface area contributed by atoms with Gasteiger partial charge < -0.3 is 0 Å². The van der Waals surface area contributed by atoms with Crippen LogP contribution in [0.2, 0.25) is 0 Å². The van der Waals surface area contributed by atoms with Crippen LogP contribution in [0.4, 0.5) is 0 Å². The van der Waals surface area contributed by atoms with Crippen molar-refractivity contribution in [2.45, 2.75) is 19.9 Å². The van der Waals surface area contributed by atoms with Crippen molar-refractivity contribution in [2.75, 3.05) is 0 Å². The molecular weight excluding hydrogens is 212 g/mol. The molecule has 0 fully saturated rings. The first kappa shape index (κ1) is 11.7. The predicted molar refractivity (Wildman–Crippen MR) is 67.1 cm³/mol. The number of hydrogen-bond acceptors (Lipinski definition) is 4. The highest BCUT2D eigenvalue weighted by Crippen LogP contribution is 2.21. The molecular formula is C13H16N4. The maximum absolute atomic E-state index is 5.63. The van der Waals surface area contributed by atoms with Gasteiger partial charge in [-0.1, -0.05) is 29.3 Å². The molecule has 0 aliphatic carbocycles. The summed E-state index contributed by atoms with van der Waals surface area (Å²) in [5.41, 5.74) is 7.22. The van der Waals surface area contributed by atoms with Gasteiger partial charge in [-0.05, 0) is 25.5 Å². The normalized spacial score (nSPS) is 12.4. The molecule has 1 heterocycles. The lowest BCUT2D eigenvalue weighted by atomic mass is 9.99. The van der Waals surface area contributed by atoms with Gasteiger partial charge in [0.1, 0.15) is 6.33 Å². The van der Waals surface area contributed by atoms with E-state index in [0.717, 1.165) is 11.3 Å². The molecule has 3 N–H and O–H groups in total. The molecule has 0 radical (unpaired) electrons. The molecule has 4 heteroatoms. The van der Waals surface area contributed by atoms with Gasteiger partial charge in [0.05, 0.1) is 11.7 Å². The van der Waals surface area contributed by atoms with Crippen LogP contribution >= 0.6 is 0 Å². The summed E-state index contributed by atoms with van der Waals surface area (Å²) >= 11 is 0. The van der Waals surface area contributed by atoms with Crippen molar-refractivity contribution >= 4 is 0 Å². The first-order chi connectivity index (χ1) is 8.20. The van der Waals surface area contributed by atoms with Crippen molar-refractivity contribution in [2.24, 2.45) is 5.84 Å². The van der Waals surface area contributed by atoms with Crippen LogP contribution in [0.25, 0.3) is 0 Å². The molecule has 88 valence electrons. The molecule has 0 saturated heterocycles. The summed E-state index contributed by atoms with van der Waals surface area (Å²) in [5, 5.41) is 0. The number of nitrogens with one attached hydrogen (secondary N) is 1. The van der Waals surface area contributed by atoms with E-state index in [1.807, 2.05) is 6.07 Å². The molecule has 4 nitrogen and oxygen atoms in total. The molecule has 0 aliphatic rings. The second-order valence-electron chi connectivity index (χ2n) is 4.15. The molecule has 1 atom stereocenters. The zero-order valence-electron chi connectivity index (χ0n) is 10.0. The second-order valence-corrected chi connectivity index (χ2v) is 4.15. The Balaban J connectivity index is 2.42. The monoisotopic (exact) mass is 228 g/mol. The van der Waals surface area contributed by atoms with Crippen molar-refractivity contribution in [1.29, 1.82) is 0 Å². The molecule has 0 bridgehead atoms. The fraction of sp³-hybridized carbons (Fsp3) is 0.231. The number of benzene rings is 1. The summed E-state index contributed by atoms with van der Waals surface area (Å²) < 4.78 is 0. The van der Waals surface area contributed by atoms with E-state index in [-0.39, 0.29) is 6.04 Å². The number of nitrogens with zero attached hydrogens (tertiary/aromatic N) is 2. The molecule has 1 unspecified atom stereocenters. The van der Waals surface area contributed by atoms with Gasteiger partial charge in [-0.15, -0.1) is 0 Å². The Kier molecular flexibility index (Phi) is 3.46. The smallest absolute Gasteiger partial charge is 0.115 e. The lowest BCUT2D eigenvalue weighted by Gasteiger charge is -2.16. The summed E-state index contributed by atoms with van der Waals surface area (Å²) in [6.07, 6.45) is 3.25. The third-order valence-electron chi connectivity index (χ3n) is 2.64. The summed E-state index contributed by atoms with van der Waals surface area (Å²) in [6, 6.07) is 8.12. The van der Waals surface area contributed by atoms with Gasteiger partial charge in [0, 0.05) is 6.20 Å². The minimum atomic E-state index is -0.100. The SMILES string of the molecule is Cc1cc(C)cc(C(NN)c2ccncn2)c1. The molecule has 0 amide bonds. The summed E-state index contributed by atoms with van der Waals surface area (Å²) in [6.45, 7) is 4.15. The van der Waals surface area contributed by atoms with Gasteiger partial charge in [-0.25, -0.2) is 15.4 Å². The van der Waals surface area contributed by atoms with E-state index in [9.17, 15) is 0 Å². The quantitative estimate of drug-likeness (QED) is 0.619. The van der Waals surface area contributed by atoms with Gasteiger partial charge in [-0.3, -0.25) is 5.84 Å². The van der Waals surface area contributed by atoms with E-state index in [1.165, 1.54) is 17.5 Å². The Bertz CT molecular complexity index is 476. The van der Waals surface area contributed by atoms with E-state index in [0.29, 0.717) is 0 Å². The summed E-state index contributed by atoms with van der Waals surface area (Å²) in [4.78, 5) is 8.14. The molecule has 2 rings (SSSR count). The zero-order chi connectivity index (χ0) is 12.3. The average molecular weight is 228 g/mol. The zero-order valence-corrected chi connectivity index (χ0v) is 10.0. The molecule has 0 aliphatic heterocycles. The van der Waals surface area contributed by atoms with Crippen molar-refractivity contribution < 1.29 is 0 Å². The molecule has 2 aromatic rings. The molecule has 17 heavy (non-hydrogen) atoms. The number of rotatable bonds is 3.